The van der Waals surface area contributed by atoms with Gasteiger partial charge in [-0.3, -0.25) is 19.7 Å². The first-order chi connectivity index (χ1) is 11.8. The Morgan fingerprint density at radius 1 is 1.28 bits per heavy atom. The molecule has 1 aliphatic heterocycles. The summed E-state index contributed by atoms with van der Waals surface area (Å²) in [6, 6.07) is 9.35. The first-order valence-corrected chi connectivity index (χ1v) is 8.41. The van der Waals surface area contributed by atoms with Crippen LogP contribution in [0.1, 0.15) is 22.8 Å². The van der Waals surface area contributed by atoms with E-state index in [0.29, 0.717) is 16.9 Å². The number of hydrogen-bond donors (Lipinski definition) is 2. The van der Waals surface area contributed by atoms with E-state index in [4.69, 9.17) is 0 Å². The number of non-ortho nitro benzene ring substituents is 1. The number of hydrogen-bond acceptors (Lipinski definition) is 5. The van der Waals surface area contributed by atoms with Gasteiger partial charge in [-0.15, -0.1) is 11.8 Å². The van der Waals surface area contributed by atoms with Gasteiger partial charge in [0.15, 0.2) is 0 Å². The highest BCUT2D eigenvalue weighted by Crippen LogP contribution is 2.36. The highest BCUT2D eigenvalue weighted by molar-refractivity contribution is 8.00. The molecule has 1 heterocycles. The van der Waals surface area contributed by atoms with E-state index in [1.807, 2.05) is 6.92 Å². The van der Waals surface area contributed by atoms with Crippen LogP contribution < -0.4 is 10.6 Å². The molecular formula is C17H15N3O4S. The van der Waals surface area contributed by atoms with E-state index in [1.54, 1.807) is 31.2 Å². The molecule has 0 spiro atoms. The standard InChI is InChI=1S/C17H15N3O4S/c1-9-3-5-12(20(23)24)8-13(9)18-17(22)11-4-6-15-14(7-11)19-16(21)10(2)25-15/h3-8,10H,1-2H3,(H,18,22)(H,19,21)/t10-/m0/s1. The molecule has 0 bridgehead atoms. The molecule has 0 radical (unpaired) electrons. The van der Waals surface area contributed by atoms with Crippen molar-refractivity contribution in [3.05, 3.63) is 57.6 Å². The van der Waals surface area contributed by atoms with Gasteiger partial charge in [-0.05, 0) is 37.6 Å². The molecule has 0 aliphatic carbocycles. The van der Waals surface area contributed by atoms with Crippen LogP contribution in [0.3, 0.4) is 0 Å². The molecule has 1 atom stereocenters. The molecule has 2 N–H and O–H groups in total. The van der Waals surface area contributed by atoms with Gasteiger partial charge in [0.05, 0.1) is 21.5 Å². The van der Waals surface area contributed by atoms with E-state index in [1.165, 1.54) is 23.9 Å². The van der Waals surface area contributed by atoms with Crippen molar-refractivity contribution in [1.82, 2.24) is 0 Å². The number of rotatable bonds is 3. The van der Waals surface area contributed by atoms with Gasteiger partial charge in [0.1, 0.15) is 0 Å². The normalized spacial score (nSPS) is 15.9. The zero-order valence-corrected chi connectivity index (χ0v) is 14.3. The second-order valence-electron chi connectivity index (χ2n) is 5.67. The number of anilines is 2. The number of nitro groups is 1. The van der Waals surface area contributed by atoms with Crippen molar-refractivity contribution in [3.63, 3.8) is 0 Å². The van der Waals surface area contributed by atoms with Crippen molar-refractivity contribution in [3.8, 4) is 0 Å². The molecule has 25 heavy (non-hydrogen) atoms. The SMILES string of the molecule is Cc1ccc([N+](=O)[O-])cc1NC(=O)c1ccc2c(c1)NC(=O)[C@H](C)S2. The van der Waals surface area contributed by atoms with Crippen LogP contribution in [0.2, 0.25) is 0 Å². The molecule has 7 nitrogen and oxygen atoms in total. The number of nitrogens with zero attached hydrogens (tertiary/aromatic N) is 1. The van der Waals surface area contributed by atoms with E-state index in [2.05, 4.69) is 10.6 Å². The van der Waals surface area contributed by atoms with Gasteiger partial charge in [-0.25, -0.2) is 0 Å². The second-order valence-corrected chi connectivity index (χ2v) is 7.05. The number of nitro benzene ring substituents is 1. The fourth-order valence-electron chi connectivity index (χ4n) is 2.40. The van der Waals surface area contributed by atoms with Crippen LogP contribution in [0, 0.1) is 17.0 Å². The third-order valence-corrected chi connectivity index (χ3v) is 5.03. The molecule has 2 aromatic rings. The van der Waals surface area contributed by atoms with Crippen molar-refractivity contribution >= 4 is 40.6 Å². The highest BCUT2D eigenvalue weighted by Gasteiger charge is 2.24. The zero-order chi connectivity index (χ0) is 18.1. The molecule has 2 aromatic carbocycles. The summed E-state index contributed by atoms with van der Waals surface area (Å²) in [6.45, 7) is 3.57. The van der Waals surface area contributed by atoms with E-state index < -0.39 is 10.8 Å². The van der Waals surface area contributed by atoms with Crippen LogP contribution in [-0.2, 0) is 4.79 Å². The summed E-state index contributed by atoms with van der Waals surface area (Å²) >= 11 is 1.43. The molecule has 0 aromatic heterocycles. The lowest BCUT2D eigenvalue weighted by molar-refractivity contribution is -0.384. The molecule has 0 saturated carbocycles. The number of fused-ring (bicyclic) bond motifs is 1. The minimum Gasteiger partial charge on any atom is -0.324 e. The summed E-state index contributed by atoms with van der Waals surface area (Å²) in [6.07, 6.45) is 0. The fourth-order valence-corrected chi connectivity index (χ4v) is 3.33. The number of amides is 2. The van der Waals surface area contributed by atoms with Crippen LogP contribution in [0.5, 0.6) is 0 Å². The van der Waals surface area contributed by atoms with E-state index in [0.717, 1.165) is 10.5 Å². The summed E-state index contributed by atoms with van der Waals surface area (Å²) in [4.78, 5) is 35.5. The summed E-state index contributed by atoms with van der Waals surface area (Å²) in [5.41, 5.74) is 1.96. The molecule has 0 unspecified atom stereocenters. The fraction of sp³-hybridized carbons (Fsp3) is 0.176. The predicted molar refractivity (Wildman–Crippen MR) is 96.2 cm³/mol. The lowest BCUT2D eigenvalue weighted by Crippen LogP contribution is -2.26. The van der Waals surface area contributed by atoms with Crippen molar-refractivity contribution in [2.75, 3.05) is 10.6 Å². The molecule has 0 saturated heterocycles. The molecule has 2 amide bonds. The molecular weight excluding hydrogens is 342 g/mol. The lowest BCUT2D eigenvalue weighted by Gasteiger charge is -2.21. The van der Waals surface area contributed by atoms with Gasteiger partial charge in [0.25, 0.3) is 11.6 Å². The zero-order valence-electron chi connectivity index (χ0n) is 13.5. The average molecular weight is 357 g/mol. The van der Waals surface area contributed by atoms with E-state index in [-0.39, 0.29) is 16.8 Å². The molecule has 128 valence electrons. The minimum absolute atomic E-state index is 0.0935. The number of aryl methyl sites for hydroxylation is 1. The van der Waals surface area contributed by atoms with Gasteiger partial charge in [-0.1, -0.05) is 6.07 Å². The Balaban J connectivity index is 1.85. The highest BCUT2D eigenvalue weighted by atomic mass is 32.2. The number of carbonyl (C=O) groups excluding carboxylic acids is 2. The minimum atomic E-state index is -0.512. The lowest BCUT2D eigenvalue weighted by atomic mass is 10.1. The van der Waals surface area contributed by atoms with Gasteiger partial charge < -0.3 is 10.6 Å². The van der Waals surface area contributed by atoms with Crippen molar-refractivity contribution in [1.29, 1.82) is 0 Å². The first-order valence-electron chi connectivity index (χ1n) is 7.53. The maximum Gasteiger partial charge on any atom is 0.271 e. The maximum atomic E-state index is 12.5. The number of benzene rings is 2. The Labute approximate surface area is 148 Å². The third kappa shape index (κ3) is 3.48. The van der Waals surface area contributed by atoms with Crippen LogP contribution in [0.25, 0.3) is 0 Å². The monoisotopic (exact) mass is 357 g/mol. The molecule has 3 rings (SSSR count). The number of thioether (sulfide) groups is 1. The van der Waals surface area contributed by atoms with Crippen LogP contribution in [0.15, 0.2) is 41.3 Å². The van der Waals surface area contributed by atoms with E-state index >= 15 is 0 Å². The van der Waals surface area contributed by atoms with Gasteiger partial charge in [0.2, 0.25) is 5.91 Å². The Kier molecular flexibility index (Phi) is 4.45. The Bertz CT molecular complexity index is 897. The summed E-state index contributed by atoms with van der Waals surface area (Å²) < 4.78 is 0. The summed E-state index contributed by atoms with van der Waals surface area (Å²) in [5.74, 6) is -0.506. The van der Waals surface area contributed by atoms with Crippen LogP contribution in [0.4, 0.5) is 17.1 Å². The predicted octanol–water partition coefficient (Wildman–Crippen LogP) is 3.59. The maximum absolute atomic E-state index is 12.5. The Hall–Kier alpha value is -2.87. The quantitative estimate of drug-likeness (QED) is 0.646. The topological polar surface area (TPSA) is 101 Å². The number of carbonyl (C=O) groups is 2. The first kappa shape index (κ1) is 17.0. The average Bonchev–Trinajstić information content (AvgIpc) is 2.57. The number of nitrogens with one attached hydrogen (secondary N) is 2. The molecule has 1 aliphatic rings. The smallest absolute Gasteiger partial charge is 0.271 e. The van der Waals surface area contributed by atoms with E-state index in [9.17, 15) is 19.7 Å². The second kappa shape index (κ2) is 6.56. The van der Waals surface area contributed by atoms with Crippen molar-refractivity contribution in [2.45, 2.75) is 24.0 Å². The third-order valence-electron chi connectivity index (χ3n) is 3.85. The summed E-state index contributed by atoms with van der Waals surface area (Å²) in [5, 5.41) is 16.2. The van der Waals surface area contributed by atoms with Gasteiger partial charge in [-0.2, -0.15) is 0 Å². The summed E-state index contributed by atoms with van der Waals surface area (Å²) in [7, 11) is 0. The van der Waals surface area contributed by atoms with Gasteiger partial charge >= 0.3 is 0 Å². The Morgan fingerprint density at radius 2 is 2.04 bits per heavy atom. The Morgan fingerprint density at radius 3 is 2.76 bits per heavy atom. The molecule has 8 heteroatoms. The van der Waals surface area contributed by atoms with Crippen molar-refractivity contribution in [2.24, 2.45) is 0 Å². The van der Waals surface area contributed by atoms with Crippen LogP contribution in [-0.4, -0.2) is 22.0 Å². The van der Waals surface area contributed by atoms with Crippen molar-refractivity contribution < 1.29 is 14.5 Å². The largest absolute Gasteiger partial charge is 0.324 e. The van der Waals surface area contributed by atoms with Gasteiger partial charge in [0, 0.05) is 22.6 Å². The molecule has 0 fully saturated rings. The van der Waals surface area contributed by atoms with Crippen LogP contribution >= 0.6 is 11.8 Å².